The van der Waals surface area contributed by atoms with E-state index in [1.54, 1.807) is 11.3 Å². The molecule has 2 aromatic heterocycles. The lowest BCUT2D eigenvalue weighted by molar-refractivity contribution is -0.113. The first-order chi connectivity index (χ1) is 16.1. The van der Waals surface area contributed by atoms with Gasteiger partial charge in [0.15, 0.2) is 5.75 Å². The van der Waals surface area contributed by atoms with Crippen LogP contribution in [0.4, 0.5) is 5.69 Å². The number of thioether (sulfide) groups is 1. The van der Waals surface area contributed by atoms with Crippen LogP contribution >= 0.6 is 23.1 Å². The van der Waals surface area contributed by atoms with Gasteiger partial charge in [0.1, 0.15) is 16.4 Å². The number of carbonyl (C=O) groups is 1. The van der Waals surface area contributed by atoms with E-state index in [0.29, 0.717) is 28.8 Å². The van der Waals surface area contributed by atoms with Gasteiger partial charge in [-0.1, -0.05) is 29.8 Å². The topological polar surface area (TPSA) is 84.1 Å². The molecule has 1 aliphatic rings. The molecule has 6 nitrogen and oxygen atoms in total. The summed E-state index contributed by atoms with van der Waals surface area (Å²) in [5.74, 6) is 2.46. The SMILES string of the molecule is Cc1ccc(Oc2ccccc2NC(=O)CSCc2nc3sc4c(c3c(=O)[nH]2)CCC4)cc1. The summed E-state index contributed by atoms with van der Waals surface area (Å²) in [4.78, 5) is 34.8. The Kier molecular flexibility index (Phi) is 6.20. The molecule has 0 atom stereocenters. The maximum absolute atomic E-state index is 12.6. The summed E-state index contributed by atoms with van der Waals surface area (Å²) < 4.78 is 5.95. The van der Waals surface area contributed by atoms with Gasteiger partial charge in [-0.3, -0.25) is 9.59 Å². The number of H-pyrrole nitrogens is 1. The van der Waals surface area contributed by atoms with Gasteiger partial charge in [-0.05, 0) is 56.0 Å². The third kappa shape index (κ3) is 4.82. The van der Waals surface area contributed by atoms with Gasteiger partial charge >= 0.3 is 0 Å². The lowest BCUT2D eigenvalue weighted by Crippen LogP contribution is -2.15. The van der Waals surface area contributed by atoms with Crippen LogP contribution in [0.15, 0.2) is 53.3 Å². The second-order valence-corrected chi connectivity index (χ2v) is 10.1. The minimum Gasteiger partial charge on any atom is -0.455 e. The Hall–Kier alpha value is -3.10. The molecule has 0 radical (unpaired) electrons. The summed E-state index contributed by atoms with van der Waals surface area (Å²) in [7, 11) is 0. The predicted octanol–water partition coefficient (Wildman–Crippen LogP) is 5.45. The van der Waals surface area contributed by atoms with Crippen LogP contribution in [0, 0.1) is 6.92 Å². The van der Waals surface area contributed by atoms with Crippen molar-refractivity contribution in [1.29, 1.82) is 0 Å². The van der Waals surface area contributed by atoms with E-state index in [9.17, 15) is 9.59 Å². The van der Waals surface area contributed by atoms with E-state index >= 15 is 0 Å². The van der Waals surface area contributed by atoms with Crippen molar-refractivity contribution >= 4 is 44.9 Å². The Balaban J connectivity index is 1.20. The van der Waals surface area contributed by atoms with Gasteiger partial charge in [0, 0.05) is 4.88 Å². The average Bonchev–Trinajstić information content (AvgIpc) is 3.38. The lowest BCUT2D eigenvalue weighted by atomic mass is 10.2. The molecule has 0 spiro atoms. The van der Waals surface area contributed by atoms with Crippen LogP contribution in [0.2, 0.25) is 0 Å². The smallest absolute Gasteiger partial charge is 0.259 e. The van der Waals surface area contributed by atoms with Crippen LogP contribution in [0.3, 0.4) is 0 Å². The second-order valence-electron chi connectivity index (χ2n) is 8.00. The average molecular weight is 478 g/mol. The molecular formula is C25H23N3O3S2. The fraction of sp³-hybridized carbons (Fsp3) is 0.240. The number of para-hydroxylation sites is 2. The van der Waals surface area contributed by atoms with Crippen LogP contribution in [-0.4, -0.2) is 21.6 Å². The van der Waals surface area contributed by atoms with Crippen molar-refractivity contribution < 1.29 is 9.53 Å². The van der Waals surface area contributed by atoms with Crippen molar-refractivity contribution in [2.45, 2.75) is 31.9 Å². The second kappa shape index (κ2) is 9.41. The zero-order valence-corrected chi connectivity index (χ0v) is 19.8. The van der Waals surface area contributed by atoms with Gasteiger partial charge in [-0.2, -0.15) is 0 Å². The molecule has 0 bridgehead atoms. The largest absolute Gasteiger partial charge is 0.455 e. The summed E-state index contributed by atoms with van der Waals surface area (Å²) in [6, 6.07) is 15.1. The Labute approximate surface area is 199 Å². The number of aromatic nitrogens is 2. The van der Waals surface area contributed by atoms with Crippen LogP contribution in [-0.2, 0) is 23.4 Å². The first-order valence-corrected chi connectivity index (χ1v) is 12.8. The first-order valence-electron chi connectivity index (χ1n) is 10.8. The number of anilines is 1. The molecule has 2 aromatic carbocycles. The number of nitrogens with one attached hydrogen (secondary N) is 2. The van der Waals surface area contributed by atoms with E-state index in [1.807, 2.05) is 55.5 Å². The Morgan fingerprint density at radius 1 is 1.18 bits per heavy atom. The molecule has 5 rings (SSSR count). The molecule has 1 aliphatic carbocycles. The van der Waals surface area contributed by atoms with Crippen molar-refractivity contribution in [1.82, 2.24) is 9.97 Å². The van der Waals surface area contributed by atoms with Crippen LogP contribution in [0.1, 0.15) is 28.2 Å². The highest BCUT2D eigenvalue weighted by atomic mass is 32.2. The van der Waals surface area contributed by atoms with Crippen LogP contribution in [0.5, 0.6) is 11.5 Å². The predicted molar refractivity (Wildman–Crippen MR) is 135 cm³/mol. The fourth-order valence-corrected chi connectivity index (χ4v) is 5.90. The molecule has 0 saturated carbocycles. The number of fused-ring (bicyclic) bond motifs is 3. The minimum atomic E-state index is -0.140. The maximum Gasteiger partial charge on any atom is 0.259 e. The van der Waals surface area contributed by atoms with Crippen molar-refractivity contribution in [2.75, 3.05) is 11.1 Å². The van der Waals surface area contributed by atoms with Crippen LogP contribution < -0.4 is 15.6 Å². The highest BCUT2D eigenvalue weighted by Crippen LogP contribution is 2.34. The first kappa shape index (κ1) is 21.7. The summed E-state index contributed by atoms with van der Waals surface area (Å²) in [5.41, 5.74) is 2.87. The normalized spacial score (nSPS) is 12.6. The van der Waals surface area contributed by atoms with E-state index in [4.69, 9.17) is 4.74 Å². The van der Waals surface area contributed by atoms with Crippen molar-refractivity contribution in [3.63, 3.8) is 0 Å². The molecular weight excluding hydrogens is 454 g/mol. The number of ether oxygens (including phenoxy) is 1. The molecule has 0 aliphatic heterocycles. The Morgan fingerprint density at radius 3 is 2.85 bits per heavy atom. The highest BCUT2D eigenvalue weighted by molar-refractivity contribution is 7.99. The van der Waals surface area contributed by atoms with Crippen LogP contribution in [0.25, 0.3) is 10.2 Å². The summed E-state index contributed by atoms with van der Waals surface area (Å²) >= 11 is 3.04. The maximum atomic E-state index is 12.6. The van der Waals surface area contributed by atoms with E-state index in [1.165, 1.54) is 22.2 Å². The fourth-order valence-electron chi connectivity index (χ4n) is 3.93. The van der Waals surface area contributed by atoms with Gasteiger partial charge in [-0.25, -0.2) is 4.98 Å². The summed E-state index contributed by atoms with van der Waals surface area (Å²) in [6.45, 7) is 2.02. The van der Waals surface area contributed by atoms with Gasteiger partial charge in [0.05, 0.1) is 22.6 Å². The number of carbonyl (C=O) groups excluding carboxylic acids is 1. The Bertz CT molecular complexity index is 1380. The van der Waals surface area contributed by atoms with E-state index in [-0.39, 0.29) is 17.2 Å². The molecule has 2 N–H and O–H groups in total. The zero-order chi connectivity index (χ0) is 22.8. The van der Waals surface area contributed by atoms with E-state index in [2.05, 4.69) is 15.3 Å². The molecule has 0 saturated heterocycles. The quantitative estimate of drug-likeness (QED) is 0.370. The minimum absolute atomic E-state index is 0.0679. The van der Waals surface area contributed by atoms with E-state index in [0.717, 1.165) is 35.0 Å². The van der Waals surface area contributed by atoms with Crippen molar-refractivity contribution in [2.24, 2.45) is 0 Å². The number of aromatic amines is 1. The molecule has 4 aromatic rings. The third-order valence-electron chi connectivity index (χ3n) is 5.51. The molecule has 0 unspecified atom stereocenters. The molecule has 33 heavy (non-hydrogen) atoms. The molecule has 168 valence electrons. The summed E-state index contributed by atoms with van der Waals surface area (Å²) in [6.07, 6.45) is 3.11. The van der Waals surface area contributed by atoms with E-state index < -0.39 is 0 Å². The van der Waals surface area contributed by atoms with Gasteiger partial charge in [-0.15, -0.1) is 23.1 Å². The zero-order valence-electron chi connectivity index (χ0n) is 18.1. The number of hydrogen-bond donors (Lipinski definition) is 2. The van der Waals surface area contributed by atoms with Gasteiger partial charge in [0.2, 0.25) is 5.91 Å². The molecule has 2 heterocycles. The number of hydrogen-bond acceptors (Lipinski definition) is 6. The number of benzene rings is 2. The number of aryl methyl sites for hydroxylation is 3. The summed E-state index contributed by atoms with van der Waals surface area (Å²) in [5, 5.41) is 3.67. The number of nitrogens with zero attached hydrogens (tertiary/aromatic N) is 1. The van der Waals surface area contributed by atoms with Crippen molar-refractivity contribution in [3.8, 4) is 11.5 Å². The molecule has 8 heteroatoms. The number of rotatable bonds is 7. The Morgan fingerprint density at radius 2 is 2.00 bits per heavy atom. The number of amides is 1. The monoisotopic (exact) mass is 477 g/mol. The lowest BCUT2D eigenvalue weighted by Gasteiger charge is -2.12. The van der Waals surface area contributed by atoms with Crippen molar-refractivity contribution in [3.05, 3.63) is 80.7 Å². The number of thiophene rings is 1. The standard InChI is InChI=1S/C25H23N3O3S2/c1-15-9-11-16(12-10-15)31-19-7-3-2-6-18(19)26-22(29)14-32-13-21-27-24(30)23-17-5-4-8-20(17)33-25(23)28-21/h2-3,6-7,9-12H,4-5,8,13-14H2,1H3,(H,26,29)(H,27,28,30). The van der Waals surface area contributed by atoms with Gasteiger partial charge < -0.3 is 15.0 Å². The highest BCUT2D eigenvalue weighted by Gasteiger charge is 2.21. The molecule has 1 amide bonds. The third-order valence-corrected chi connectivity index (χ3v) is 7.64. The molecule has 0 fully saturated rings. The van der Waals surface area contributed by atoms with Gasteiger partial charge in [0.25, 0.3) is 5.56 Å².